The molecule has 106 valence electrons. The van der Waals surface area contributed by atoms with Gasteiger partial charge in [-0.25, -0.2) is 0 Å². The fourth-order valence-corrected chi connectivity index (χ4v) is 2.39. The van der Waals surface area contributed by atoms with Crippen LogP contribution >= 0.6 is 0 Å². The van der Waals surface area contributed by atoms with Gasteiger partial charge in [-0.05, 0) is 27.7 Å². The van der Waals surface area contributed by atoms with Gasteiger partial charge in [-0.2, -0.15) is 0 Å². The van der Waals surface area contributed by atoms with Crippen molar-refractivity contribution in [2.24, 2.45) is 0 Å². The first kappa shape index (κ1) is 14.2. The molecule has 0 aromatic rings. The molecular weight excluding hydrogens is 240 g/mol. The first-order valence-electron chi connectivity index (χ1n) is 6.20. The summed E-state index contributed by atoms with van der Waals surface area (Å²) >= 11 is 0. The van der Waals surface area contributed by atoms with Gasteiger partial charge in [0.05, 0.1) is 13.2 Å². The summed E-state index contributed by atoms with van der Waals surface area (Å²) in [7, 11) is 0. The summed E-state index contributed by atoms with van der Waals surface area (Å²) in [5.41, 5.74) is 0. The van der Waals surface area contributed by atoms with E-state index in [0.29, 0.717) is 0 Å². The van der Waals surface area contributed by atoms with E-state index in [9.17, 15) is 10.2 Å². The molecule has 2 aliphatic rings. The molecule has 0 aliphatic carbocycles. The van der Waals surface area contributed by atoms with Gasteiger partial charge in [0.15, 0.2) is 11.6 Å². The van der Waals surface area contributed by atoms with Gasteiger partial charge in [-0.3, -0.25) is 0 Å². The van der Waals surface area contributed by atoms with Crippen LogP contribution in [0.5, 0.6) is 0 Å². The van der Waals surface area contributed by atoms with Gasteiger partial charge >= 0.3 is 0 Å². The highest BCUT2D eigenvalue weighted by Crippen LogP contribution is 2.35. The van der Waals surface area contributed by atoms with Crippen LogP contribution in [0.4, 0.5) is 0 Å². The fraction of sp³-hybridized carbons (Fsp3) is 1.00. The van der Waals surface area contributed by atoms with Crippen molar-refractivity contribution in [1.82, 2.24) is 0 Å². The Kier molecular flexibility index (Phi) is 3.70. The van der Waals surface area contributed by atoms with Crippen LogP contribution in [0.3, 0.4) is 0 Å². The van der Waals surface area contributed by atoms with Gasteiger partial charge in [0, 0.05) is 0 Å². The van der Waals surface area contributed by atoms with Crippen molar-refractivity contribution >= 4 is 0 Å². The predicted octanol–water partition coefficient (Wildman–Crippen LogP) is 0.0112. The van der Waals surface area contributed by atoms with Gasteiger partial charge in [0.1, 0.15) is 24.4 Å². The van der Waals surface area contributed by atoms with Crippen LogP contribution in [0.15, 0.2) is 0 Å². The Balaban J connectivity index is 2.13. The zero-order valence-electron chi connectivity index (χ0n) is 11.3. The molecule has 2 saturated heterocycles. The second-order valence-electron chi connectivity index (χ2n) is 5.68. The van der Waals surface area contributed by atoms with Crippen molar-refractivity contribution in [1.29, 1.82) is 0 Å². The average molecular weight is 262 g/mol. The van der Waals surface area contributed by atoms with Gasteiger partial charge in [0.2, 0.25) is 0 Å². The molecule has 4 atom stereocenters. The van der Waals surface area contributed by atoms with Crippen LogP contribution in [0.25, 0.3) is 0 Å². The highest BCUT2D eigenvalue weighted by Gasteiger charge is 2.50. The highest BCUT2D eigenvalue weighted by molar-refractivity contribution is 4.92. The quantitative estimate of drug-likeness (QED) is 0.730. The molecule has 0 aromatic heterocycles. The Labute approximate surface area is 107 Å². The Morgan fingerprint density at radius 2 is 1.61 bits per heavy atom. The number of ether oxygens (including phenoxy) is 4. The third-order valence-electron chi connectivity index (χ3n) is 3.13. The van der Waals surface area contributed by atoms with Crippen LogP contribution in [-0.2, 0) is 18.9 Å². The van der Waals surface area contributed by atoms with Crippen LogP contribution in [0.2, 0.25) is 0 Å². The summed E-state index contributed by atoms with van der Waals surface area (Å²) < 4.78 is 22.4. The van der Waals surface area contributed by atoms with Gasteiger partial charge in [0.25, 0.3) is 0 Å². The van der Waals surface area contributed by atoms with Crippen molar-refractivity contribution in [3.8, 4) is 0 Å². The van der Waals surface area contributed by atoms with Crippen LogP contribution < -0.4 is 0 Å². The molecule has 0 amide bonds. The largest absolute Gasteiger partial charge is 0.394 e. The summed E-state index contributed by atoms with van der Waals surface area (Å²) in [6.07, 6.45) is -2.39. The molecule has 0 radical (unpaired) electrons. The summed E-state index contributed by atoms with van der Waals surface area (Å²) in [5.74, 6) is -1.57. The van der Waals surface area contributed by atoms with Crippen LogP contribution in [0.1, 0.15) is 27.7 Å². The minimum Gasteiger partial charge on any atom is -0.394 e. The summed E-state index contributed by atoms with van der Waals surface area (Å²) in [6, 6.07) is 0. The predicted molar refractivity (Wildman–Crippen MR) is 61.8 cm³/mol. The van der Waals surface area contributed by atoms with E-state index in [0.717, 1.165) is 0 Å². The molecule has 2 heterocycles. The van der Waals surface area contributed by atoms with E-state index in [1.807, 2.05) is 0 Å². The minimum absolute atomic E-state index is 0.177. The highest BCUT2D eigenvalue weighted by atomic mass is 16.8. The normalized spacial score (nSPS) is 43.0. The maximum Gasteiger partial charge on any atom is 0.164 e. The van der Waals surface area contributed by atoms with Gasteiger partial charge in [-0.1, -0.05) is 0 Å². The topological polar surface area (TPSA) is 77.4 Å². The molecule has 2 fully saturated rings. The monoisotopic (exact) mass is 262 g/mol. The van der Waals surface area contributed by atoms with Gasteiger partial charge < -0.3 is 29.2 Å². The number of rotatable bonds is 2. The average Bonchev–Trinajstić information content (AvgIpc) is 2.57. The molecule has 18 heavy (non-hydrogen) atoms. The first-order chi connectivity index (χ1) is 8.24. The molecule has 0 bridgehead atoms. The lowest BCUT2D eigenvalue weighted by atomic mass is 10.0. The smallest absolute Gasteiger partial charge is 0.164 e. The zero-order valence-corrected chi connectivity index (χ0v) is 11.3. The van der Waals surface area contributed by atoms with Crippen molar-refractivity contribution in [2.75, 3.05) is 13.2 Å². The third-order valence-corrected chi connectivity index (χ3v) is 3.13. The molecule has 2 rings (SSSR count). The van der Waals surface area contributed by atoms with E-state index in [2.05, 4.69) is 0 Å². The molecule has 2 N–H and O–H groups in total. The molecule has 0 unspecified atom stereocenters. The van der Waals surface area contributed by atoms with Crippen molar-refractivity contribution in [3.05, 3.63) is 0 Å². The number of aliphatic hydroxyl groups excluding tert-OH is 2. The lowest BCUT2D eigenvalue weighted by Crippen LogP contribution is -2.56. The van der Waals surface area contributed by atoms with E-state index in [-0.39, 0.29) is 13.2 Å². The molecular formula is C12H22O6. The summed E-state index contributed by atoms with van der Waals surface area (Å²) in [4.78, 5) is 0. The second-order valence-corrected chi connectivity index (χ2v) is 5.68. The van der Waals surface area contributed by atoms with E-state index in [4.69, 9.17) is 18.9 Å². The summed E-state index contributed by atoms with van der Waals surface area (Å²) in [6.45, 7) is 7.10. The van der Waals surface area contributed by atoms with E-state index >= 15 is 0 Å². The van der Waals surface area contributed by atoms with Crippen molar-refractivity contribution in [3.63, 3.8) is 0 Å². The molecule has 6 heteroatoms. The fourth-order valence-electron chi connectivity index (χ4n) is 2.39. The zero-order chi connectivity index (χ0) is 13.6. The van der Waals surface area contributed by atoms with E-state index in [1.165, 1.54) is 0 Å². The number of aliphatic hydroxyl groups is 2. The number of hydrogen-bond donors (Lipinski definition) is 2. The Bertz CT molecular complexity index is 301. The SMILES string of the molecule is CC1(C)OC[C@@H](O)[C@H]([C@@H]2OC(C)(C)O[C@@H]2CO)O1. The molecule has 0 saturated carbocycles. The first-order valence-corrected chi connectivity index (χ1v) is 6.20. The van der Waals surface area contributed by atoms with Crippen molar-refractivity contribution in [2.45, 2.75) is 63.7 Å². The lowest BCUT2D eigenvalue weighted by molar-refractivity contribution is -0.322. The molecule has 2 aliphatic heterocycles. The maximum atomic E-state index is 9.98. The maximum absolute atomic E-state index is 9.98. The Morgan fingerprint density at radius 3 is 2.22 bits per heavy atom. The lowest BCUT2D eigenvalue weighted by Gasteiger charge is -2.41. The van der Waals surface area contributed by atoms with E-state index in [1.54, 1.807) is 27.7 Å². The molecule has 0 aromatic carbocycles. The number of hydrogen-bond acceptors (Lipinski definition) is 6. The second kappa shape index (κ2) is 4.70. The molecule has 6 nitrogen and oxygen atoms in total. The van der Waals surface area contributed by atoms with E-state index < -0.39 is 36.0 Å². The van der Waals surface area contributed by atoms with Crippen LogP contribution in [0, 0.1) is 0 Å². The van der Waals surface area contributed by atoms with Crippen molar-refractivity contribution < 1.29 is 29.2 Å². The minimum atomic E-state index is -0.797. The third kappa shape index (κ3) is 2.84. The standard InChI is InChI=1S/C12H22O6/c1-11(2)15-6-7(14)9(17-11)10-8(5-13)16-12(3,4)18-10/h7-10,13-14H,5-6H2,1-4H3/t7-,8-,9-,10-/m1/s1. The Morgan fingerprint density at radius 1 is 1.00 bits per heavy atom. The van der Waals surface area contributed by atoms with Crippen LogP contribution in [-0.4, -0.2) is 59.4 Å². The molecule has 0 spiro atoms. The van der Waals surface area contributed by atoms with Gasteiger partial charge in [-0.15, -0.1) is 0 Å². The summed E-state index contributed by atoms with van der Waals surface area (Å²) in [5, 5.41) is 19.3. The Hall–Kier alpha value is -0.240.